The van der Waals surface area contributed by atoms with Crippen LogP contribution in [0.3, 0.4) is 0 Å². The zero-order valence-electron chi connectivity index (χ0n) is 15.6. The normalized spacial score (nSPS) is 11.8. The van der Waals surface area contributed by atoms with Crippen LogP contribution in [-0.2, 0) is 13.0 Å². The van der Waals surface area contributed by atoms with Gasteiger partial charge in [-0.3, -0.25) is 4.79 Å². The summed E-state index contributed by atoms with van der Waals surface area (Å²) < 4.78 is 13.9. The second-order valence-electron chi connectivity index (χ2n) is 6.24. The van der Waals surface area contributed by atoms with E-state index in [-0.39, 0.29) is 5.76 Å². The van der Waals surface area contributed by atoms with Crippen molar-refractivity contribution in [1.82, 2.24) is 4.57 Å². The molecule has 140 valence electrons. The first-order valence-electron chi connectivity index (χ1n) is 8.86. The highest BCUT2D eigenvalue weighted by Gasteiger charge is 2.15. The van der Waals surface area contributed by atoms with E-state index in [2.05, 4.69) is 30.0 Å². The molecule has 2 aromatic heterocycles. The van der Waals surface area contributed by atoms with Crippen LogP contribution < -0.4 is 9.54 Å². The van der Waals surface area contributed by atoms with Gasteiger partial charge >= 0.3 is 5.91 Å². The monoisotopic (exact) mass is 390 g/mol. The highest BCUT2D eigenvalue weighted by atomic mass is 32.1. The maximum Gasteiger partial charge on any atom is 0.315 e. The second-order valence-corrected chi connectivity index (χ2v) is 7.25. The number of methoxy groups -OCH3 is 1. The predicted molar refractivity (Wildman–Crippen MR) is 111 cm³/mol. The molecule has 0 bridgehead atoms. The number of fused-ring (bicyclic) bond motifs is 2. The summed E-state index contributed by atoms with van der Waals surface area (Å²) in [5, 5.41) is 0.790. The predicted octanol–water partition coefficient (Wildman–Crippen LogP) is 4.39. The van der Waals surface area contributed by atoms with Crippen molar-refractivity contribution in [3.63, 3.8) is 0 Å². The van der Waals surface area contributed by atoms with Crippen molar-refractivity contribution in [1.29, 1.82) is 0 Å². The molecule has 28 heavy (non-hydrogen) atoms. The van der Waals surface area contributed by atoms with Crippen molar-refractivity contribution < 1.29 is 13.9 Å². The summed E-state index contributed by atoms with van der Waals surface area (Å²) in [5.41, 5.74) is 2.73. The van der Waals surface area contributed by atoms with E-state index >= 15 is 0 Å². The number of carbonyl (C=O) groups is 1. The molecule has 0 N–H and O–H groups in total. The number of furan rings is 1. The van der Waals surface area contributed by atoms with Gasteiger partial charge in [0, 0.05) is 5.39 Å². The number of thiazole rings is 1. The van der Waals surface area contributed by atoms with Gasteiger partial charge in [0.05, 0.1) is 23.9 Å². The third-order valence-corrected chi connectivity index (χ3v) is 5.58. The summed E-state index contributed by atoms with van der Waals surface area (Å²) in [6.45, 7) is 2.44. The lowest BCUT2D eigenvalue weighted by Crippen LogP contribution is -2.16. The van der Waals surface area contributed by atoms with Gasteiger partial charge in [0.1, 0.15) is 0 Å². The molecule has 0 atom stereocenters. The van der Waals surface area contributed by atoms with Gasteiger partial charge in [0.25, 0.3) is 0 Å². The Morgan fingerprint density at radius 3 is 2.93 bits per heavy atom. The fourth-order valence-electron chi connectivity index (χ4n) is 3.11. The summed E-state index contributed by atoms with van der Waals surface area (Å²) in [5.74, 6) is 2.93. The lowest BCUT2D eigenvalue weighted by molar-refractivity contribution is 0.0973. The molecule has 0 aliphatic heterocycles. The third-order valence-electron chi connectivity index (χ3n) is 4.54. The molecule has 4 rings (SSSR count). The molecule has 6 heteroatoms. The number of benzene rings is 2. The molecule has 0 fully saturated rings. The number of terminal acetylenes is 1. The van der Waals surface area contributed by atoms with Gasteiger partial charge in [-0.15, -0.1) is 6.42 Å². The average molecular weight is 390 g/mol. The van der Waals surface area contributed by atoms with Crippen LogP contribution in [0.1, 0.15) is 23.0 Å². The van der Waals surface area contributed by atoms with Crippen LogP contribution in [0.25, 0.3) is 21.2 Å². The minimum atomic E-state index is -0.453. The van der Waals surface area contributed by atoms with E-state index in [1.54, 1.807) is 19.2 Å². The molecule has 0 aliphatic rings. The molecule has 0 unspecified atom stereocenters. The summed E-state index contributed by atoms with van der Waals surface area (Å²) in [6.07, 6.45) is 6.48. The lowest BCUT2D eigenvalue weighted by Gasteiger charge is -2.00. The fraction of sp³-hybridized carbons (Fsp3) is 0.182. The maximum absolute atomic E-state index is 12.8. The smallest absolute Gasteiger partial charge is 0.315 e. The van der Waals surface area contributed by atoms with E-state index in [9.17, 15) is 4.79 Å². The van der Waals surface area contributed by atoms with Crippen LogP contribution in [0, 0.1) is 12.3 Å². The molecule has 0 saturated heterocycles. The Morgan fingerprint density at radius 2 is 2.18 bits per heavy atom. The van der Waals surface area contributed by atoms with Crippen molar-refractivity contribution >= 4 is 38.4 Å². The number of para-hydroxylation sites is 1. The van der Waals surface area contributed by atoms with E-state index in [4.69, 9.17) is 15.6 Å². The molecule has 2 heterocycles. The van der Waals surface area contributed by atoms with Gasteiger partial charge in [-0.05, 0) is 36.2 Å². The van der Waals surface area contributed by atoms with Crippen molar-refractivity contribution in [3.05, 3.63) is 58.6 Å². The van der Waals surface area contributed by atoms with Crippen LogP contribution in [0.2, 0.25) is 0 Å². The Hall–Kier alpha value is -3.30. The molecule has 0 saturated carbocycles. The number of amides is 1. The largest absolute Gasteiger partial charge is 0.493 e. The molecule has 0 radical (unpaired) electrons. The minimum Gasteiger partial charge on any atom is -0.493 e. The maximum atomic E-state index is 12.8. The highest BCUT2D eigenvalue weighted by molar-refractivity contribution is 7.16. The Labute approximate surface area is 165 Å². The van der Waals surface area contributed by atoms with Gasteiger partial charge in [0.2, 0.25) is 0 Å². The first kappa shape index (κ1) is 18.1. The van der Waals surface area contributed by atoms with E-state index in [0.717, 1.165) is 22.0 Å². The number of hydrogen-bond donors (Lipinski definition) is 0. The second kappa shape index (κ2) is 7.37. The summed E-state index contributed by atoms with van der Waals surface area (Å²) in [7, 11) is 1.56. The van der Waals surface area contributed by atoms with Gasteiger partial charge in [-0.25, -0.2) is 0 Å². The summed E-state index contributed by atoms with van der Waals surface area (Å²) >= 11 is 1.44. The molecule has 2 aromatic carbocycles. The minimum absolute atomic E-state index is 0.165. The molecule has 0 aliphatic carbocycles. The van der Waals surface area contributed by atoms with E-state index in [0.29, 0.717) is 22.7 Å². The van der Waals surface area contributed by atoms with Gasteiger partial charge in [0.15, 0.2) is 21.9 Å². The van der Waals surface area contributed by atoms with E-state index in [1.807, 2.05) is 22.8 Å². The standard InChI is InChI=1S/C22H18N2O3S/c1-4-11-24-16-10-9-14(5-2)12-19(16)28-22(24)23-21(25)18-13-15-7-6-8-17(26-3)20(15)27-18/h1,6-10,12-13H,5,11H2,2-3H3. The Morgan fingerprint density at radius 1 is 1.32 bits per heavy atom. The molecule has 1 amide bonds. The number of aromatic nitrogens is 1. The van der Waals surface area contributed by atoms with Gasteiger partial charge < -0.3 is 13.7 Å². The van der Waals surface area contributed by atoms with Crippen LogP contribution in [-0.4, -0.2) is 17.6 Å². The molecule has 5 nitrogen and oxygen atoms in total. The number of nitrogens with zero attached hydrogens (tertiary/aromatic N) is 2. The SMILES string of the molecule is C#CCn1c(=NC(=O)c2cc3cccc(OC)c3o2)sc2cc(CC)ccc21. The Kier molecular flexibility index (Phi) is 4.76. The van der Waals surface area contributed by atoms with Gasteiger partial charge in [-0.1, -0.05) is 42.4 Å². The summed E-state index contributed by atoms with van der Waals surface area (Å²) in [4.78, 5) is 17.6. The first-order chi connectivity index (χ1) is 13.6. The van der Waals surface area contributed by atoms with Crippen LogP contribution in [0.4, 0.5) is 0 Å². The fourth-order valence-corrected chi connectivity index (χ4v) is 4.20. The number of ether oxygens (including phenoxy) is 1. The Balaban J connectivity index is 1.84. The van der Waals surface area contributed by atoms with Crippen LogP contribution >= 0.6 is 11.3 Å². The highest BCUT2D eigenvalue weighted by Crippen LogP contribution is 2.28. The van der Waals surface area contributed by atoms with Crippen molar-refractivity contribution in [2.24, 2.45) is 4.99 Å². The molecular weight excluding hydrogens is 372 g/mol. The molecule has 0 spiro atoms. The average Bonchev–Trinajstić information content (AvgIpc) is 3.29. The third kappa shape index (κ3) is 3.10. The summed E-state index contributed by atoms with van der Waals surface area (Å²) in [6, 6.07) is 13.4. The zero-order valence-corrected chi connectivity index (χ0v) is 16.4. The topological polar surface area (TPSA) is 56.7 Å². The van der Waals surface area contributed by atoms with Crippen LogP contribution in [0.15, 0.2) is 51.9 Å². The molecular formula is C22H18N2O3S. The number of hydrogen-bond acceptors (Lipinski definition) is 4. The van der Waals surface area contributed by atoms with E-state index < -0.39 is 5.91 Å². The van der Waals surface area contributed by atoms with Crippen molar-refractivity contribution in [3.8, 4) is 18.1 Å². The number of rotatable bonds is 4. The van der Waals surface area contributed by atoms with Crippen molar-refractivity contribution in [2.75, 3.05) is 7.11 Å². The number of aryl methyl sites for hydroxylation is 1. The zero-order chi connectivity index (χ0) is 19.7. The van der Waals surface area contributed by atoms with E-state index in [1.165, 1.54) is 16.9 Å². The molecule has 4 aromatic rings. The first-order valence-corrected chi connectivity index (χ1v) is 9.67. The quantitative estimate of drug-likeness (QED) is 0.486. The van der Waals surface area contributed by atoms with Crippen molar-refractivity contribution in [2.45, 2.75) is 19.9 Å². The lowest BCUT2D eigenvalue weighted by atomic mass is 10.2. The number of carbonyl (C=O) groups excluding carboxylic acids is 1. The van der Waals surface area contributed by atoms with Gasteiger partial charge in [-0.2, -0.15) is 4.99 Å². The Bertz CT molecular complexity index is 1300. The van der Waals surface area contributed by atoms with Crippen LogP contribution in [0.5, 0.6) is 5.75 Å².